The van der Waals surface area contributed by atoms with Crippen molar-refractivity contribution in [1.29, 1.82) is 0 Å². The molecule has 19 heavy (non-hydrogen) atoms. The van der Waals surface area contributed by atoms with Crippen molar-refractivity contribution < 1.29 is 9.13 Å². The number of ether oxygens (including phenoxy) is 1. The van der Waals surface area contributed by atoms with E-state index in [0.717, 1.165) is 14.9 Å². The Hall–Kier alpha value is -0.910. The molecule has 0 saturated carbocycles. The van der Waals surface area contributed by atoms with Crippen LogP contribution in [0.1, 0.15) is 17.4 Å². The lowest BCUT2D eigenvalue weighted by molar-refractivity contribution is 0.289. The van der Waals surface area contributed by atoms with E-state index in [1.807, 2.05) is 24.4 Å². The highest BCUT2D eigenvalue weighted by Gasteiger charge is 2.12. The monoisotopic (exact) mass is 343 g/mol. The molecule has 0 aliphatic heterocycles. The summed E-state index contributed by atoms with van der Waals surface area (Å²) in [5, 5.41) is 1.97. The Morgan fingerprint density at radius 3 is 2.84 bits per heavy atom. The first-order chi connectivity index (χ1) is 9.08. The molecule has 2 aromatic rings. The van der Waals surface area contributed by atoms with Gasteiger partial charge < -0.3 is 10.5 Å². The molecule has 2 N–H and O–H groups in total. The average molecular weight is 344 g/mol. The first-order valence-electron chi connectivity index (χ1n) is 5.95. The molecule has 1 aromatic carbocycles. The predicted molar refractivity (Wildman–Crippen MR) is 80.1 cm³/mol. The summed E-state index contributed by atoms with van der Waals surface area (Å²) in [5.74, 6) is -0.0362. The molecule has 0 bridgehead atoms. The van der Waals surface area contributed by atoms with Crippen LogP contribution in [0.4, 0.5) is 4.39 Å². The Kier molecular flexibility index (Phi) is 4.96. The zero-order valence-corrected chi connectivity index (χ0v) is 12.9. The summed E-state index contributed by atoms with van der Waals surface area (Å²) in [6.45, 7) is 2.25. The lowest BCUT2D eigenvalue weighted by Crippen LogP contribution is -2.18. The van der Waals surface area contributed by atoms with E-state index < -0.39 is 0 Å². The largest absolute Gasteiger partial charge is 0.485 e. The van der Waals surface area contributed by atoms with Gasteiger partial charge in [-0.05, 0) is 52.4 Å². The number of nitrogens with two attached hydrogens (primary N) is 1. The van der Waals surface area contributed by atoms with E-state index in [0.29, 0.717) is 18.8 Å². The number of benzene rings is 1. The van der Waals surface area contributed by atoms with Crippen molar-refractivity contribution >= 4 is 27.3 Å². The van der Waals surface area contributed by atoms with Crippen LogP contribution in [-0.4, -0.2) is 6.04 Å². The minimum absolute atomic E-state index is 0.0300. The van der Waals surface area contributed by atoms with E-state index in [2.05, 4.69) is 15.9 Å². The molecule has 1 aromatic heterocycles. The van der Waals surface area contributed by atoms with Gasteiger partial charge in [0.2, 0.25) is 0 Å². The van der Waals surface area contributed by atoms with Gasteiger partial charge in [0.1, 0.15) is 6.61 Å². The van der Waals surface area contributed by atoms with Gasteiger partial charge in [-0.1, -0.05) is 12.1 Å². The number of thiophene rings is 1. The molecule has 2 rings (SSSR count). The van der Waals surface area contributed by atoms with E-state index >= 15 is 0 Å². The van der Waals surface area contributed by atoms with Gasteiger partial charge in [0.15, 0.2) is 11.6 Å². The molecule has 102 valence electrons. The molecule has 1 atom stereocenters. The van der Waals surface area contributed by atoms with E-state index in [4.69, 9.17) is 10.5 Å². The van der Waals surface area contributed by atoms with Gasteiger partial charge in [-0.25, -0.2) is 4.39 Å². The van der Waals surface area contributed by atoms with Gasteiger partial charge in [-0.2, -0.15) is 0 Å². The maximum atomic E-state index is 13.9. The summed E-state index contributed by atoms with van der Waals surface area (Å²) in [6.07, 6.45) is 0.596. The highest BCUT2D eigenvalue weighted by Crippen LogP contribution is 2.28. The normalized spacial score (nSPS) is 12.4. The topological polar surface area (TPSA) is 35.2 Å². The maximum absolute atomic E-state index is 13.9. The van der Waals surface area contributed by atoms with Gasteiger partial charge in [0.05, 0.1) is 4.88 Å². The van der Waals surface area contributed by atoms with Crippen LogP contribution in [-0.2, 0) is 13.0 Å². The fraction of sp³-hybridized carbons (Fsp3) is 0.286. The third-order valence-corrected chi connectivity index (χ3v) is 4.53. The van der Waals surface area contributed by atoms with Gasteiger partial charge in [-0.15, -0.1) is 11.3 Å². The minimum atomic E-state index is -0.342. The molecule has 0 amide bonds. The molecule has 0 saturated heterocycles. The molecule has 0 aliphatic carbocycles. The lowest BCUT2D eigenvalue weighted by Gasteiger charge is -2.13. The van der Waals surface area contributed by atoms with Crippen LogP contribution < -0.4 is 10.5 Å². The molecule has 5 heteroatoms. The highest BCUT2D eigenvalue weighted by atomic mass is 79.9. The van der Waals surface area contributed by atoms with Gasteiger partial charge in [0, 0.05) is 10.5 Å². The van der Waals surface area contributed by atoms with Crippen LogP contribution in [0.25, 0.3) is 0 Å². The third kappa shape index (κ3) is 3.78. The van der Waals surface area contributed by atoms with Crippen molar-refractivity contribution in [3.05, 3.63) is 50.4 Å². The van der Waals surface area contributed by atoms with Gasteiger partial charge in [-0.3, -0.25) is 0 Å². The number of halogens is 2. The van der Waals surface area contributed by atoms with Crippen LogP contribution >= 0.6 is 27.3 Å². The average Bonchev–Trinajstić information content (AvgIpc) is 2.73. The molecular formula is C14H15BrFNOS. The van der Waals surface area contributed by atoms with Crippen molar-refractivity contribution in [3.63, 3.8) is 0 Å². The molecule has 0 fully saturated rings. The number of hydrogen-bond acceptors (Lipinski definition) is 3. The molecule has 1 heterocycles. The molecule has 0 radical (unpaired) electrons. The van der Waals surface area contributed by atoms with Crippen LogP contribution in [0.5, 0.6) is 5.75 Å². The Balaban J connectivity index is 2.17. The van der Waals surface area contributed by atoms with E-state index in [1.165, 1.54) is 6.07 Å². The summed E-state index contributed by atoms with van der Waals surface area (Å²) >= 11 is 5.01. The first kappa shape index (κ1) is 14.5. The predicted octanol–water partition coefficient (Wildman–Crippen LogP) is 4.12. The summed E-state index contributed by atoms with van der Waals surface area (Å²) in [4.78, 5) is 1.04. The Bertz CT molecular complexity index is 556. The van der Waals surface area contributed by atoms with Crippen LogP contribution in [0, 0.1) is 5.82 Å². The van der Waals surface area contributed by atoms with Crippen LogP contribution in [0.15, 0.2) is 34.1 Å². The zero-order valence-electron chi connectivity index (χ0n) is 10.5. The molecule has 2 nitrogen and oxygen atoms in total. The van der Waals surface area contributed by atoms with Gasteiger partial charge >= 0.3 is 0 Å². The highest BCUT2D eigenvalue weighted by molar-refractivity contribution is 9.10. The second-order valence-corrected chi connectivity index (χ2v) is 6.24. The van der Waals surface area contributed by atoms with Crippen molar-refractivity contribution in [1.82, 2.24) is 0 Å². The van der Waals surface area contributed by atoms with E-state index in [1.54, 1.807) is 17.4 Å². The third-order valence-electron chi connectivity index (χ3n) is 2.63. The van der Waals surface area contributed by atoms with E-state index in [-0.39, 0.29) is 11.9 Å². The molecule has 0 spiro atoms. The van der Waals surface area contributed by atoms with E-state index in [9.17, 15) is 4.39 Å². The molecule has 0 aliphatic rings. The zero-order chi connectivity index (χ0) is 13.8. The second kappa shape index (κ2) is 6.50. The minimum Gasteiger partial charge on any atom is -0.485 e. The summed E-state index contributed by atoms with van der Waals surface area (Å²) in [6, 6.07) is 6.86. The Labute approximate surface area is 124 Å². The summed E-state index contributed by atoms with van der Waals surface area (Å²) < 4.78 is 20.5. The second-order valence-electron chi connectivity index (χ2n) is 4.39. The molecular weight excluding hydrogens is 329 g/mol. The maximum Gasteiger partial charge on any atom is 0.165 e. The van der Waals surface area contributed by atoms with Gasteiger partial charge in [0.25, 0.3) is 0 Å². The van der Waals surface area contributed by atoms with Crippen molar-refractivity contribution in [2.45, 2.75) is 26.0 Å². The quantitative estimate of drug-likeness (QED) is 0.886. The molecule has 1 unspecified atom stereocenters. The van der Waals surface area contributed by atoms with Crippen molar-refractivity contribution in [3.8, 4) is 5.75 Å². The SMILES string of the molecule is CC(N)Cc1cccc(F)c1OCc1sccc1Br. The van der Waals surface area contributed by atoms with Crippen molar-refractivity contribution in [2.75, 3.05) is 0 Å². The lowest BCUT2D eigenvalue weighted by atomic mass is 10.1. The van der Waals surface area contributed by atoms with Crippen LogP contribution in [0.2, 0.25) is 0 Å². The fourth-order valence-electron chi connectivity index (χ4n) is 1.79. The Morgan fingerprint density at radius 2 is 2.21 bits per heavy atom. The number of rotatable bonds is 5. The Morgan fingerprint density at radius 1 is 1.42 bits per heavy atom. The summed E-state index contributed by atoms with van der Waals surface area (Å²) in [7, 11) is 0. The summed E-state index contributed by atoms with van der Waals surface area (Å²) in [5.41, 5.74) is 6.58. The first-order valence-corrected chi connectivity index (χ1v) is 7.63. The smallest absolute Gasteiger partial charge is 0.165 e. The number of para-hydroxylation sites is 1. The number of hydrogen-bond donors (Lipinski definition) is 1. The van der Waals surface area contributed by atoms with Crippen molar-refractivity contribution in [2.24, 2.45) is 5.73 Å². The standard InChI is InChI=1S/C14H15BrFNOS/c1-9(17)7-10-3-2-4-12(16)14(10)18-8-13-11(15)5-6-19-13/h2-6,9H,7-8,17H2,1H3. The van der Waals surface area contributed by atoms with Crippen LogP contribution in [0.3, 0.4) is 0 Å². The fourth-order valence-corrected chi connectivity index (χ4v) is 3.17.